The Hall–Kier alpha value is -2.73. The lowest BCUT2D eigenvalue weighted by molar-refractivity contribution is -0.118. The molecule has 0 saturated carbocycles. The van der Waals surface area contributed by atoms with Crippen molar-refractivity contribution in [1.29, 1.82) is 0 Å². The molecule has 1 saturated heterocycles. The summed E-state index contributed by atoms with van der Waals surface area (Å²) in [7, 11) is 1.57. The van der Waals surface area contributed by atoms with Crippen LogP contribution in [-0.2, 0) is 9.53 Å². The predicted octanol–water partition coefficient (Wildman–Crippen LogP) is 2.94. The first kappa shape index (κ1) is 18.1. The second kappa shape index (κ2) is 8.58. The molecule has 2 aromatic rings. The Labute approximate surface area is 153 Å². The van der Waals surface area contributed by atoms with Gasteiger partial charge >= 0.3 is 0 Å². The number of hydrogen-bond donors (Lipinski definition) is 1. The van der Waals surface area contributed by atoms with E-state index < -0.39 is 0 Å². The van der Waals surface area contributed by atoms with Crippen LogP contribution in [0, 0.1) is 0 Å². The fraction of sp³-hybridized carbons (Fsp3) is 0.350. The van der Waals surface area contributed by atoms with Crippen LogP contribution in [-0.4, -0.2) is 45.4 Å². The van der Waals surface area contributed by atoms with Crippen LogP contribution in [0.15, 0.2) is 48.5 Å². The molecule has 138 valence electrons. The van der Waals surface area contributed by atoms with Crippen LogP contribution < -0.4 is 19.7 Å². The van der Waals surface area contributed by atoms with Gasteiger partial charge in [-0.1, -0.05) is 12.1 Å². The van der Waals surface area contributed by atoms with E-state index in [-0.39, 0.29) is 18.6 Å². The highest BCUT2D eigenvalue weighted by atomic mass is 16.5. The summed E-state index contributed by atoms with van der Waals surface area (Å²) < 4.78 is 16.3. The van der Waals surface area contributed by atoms with Crippen molar-refractivity contribution in [3.05, 3.63) is 48.5 Å². The van der Waals surface area contributed by atoms with Gasteiger partial charge in [0.05, 0.1) is 19.8 Å². The summed E-state index contributed by atoms with van der Waals surface area (Å²) in [6, 6.07) is 15.1. The van der Waals surface area contributed by atoms with Gasteiger partial charge in [0.15, 0.2) is 18.1 Å². The van der Waals surface area contributed by atoms with E-state index >= 15 is 0 Å². The van der Waals surface area contributed by atoms with Gasteiger partial charge in [0.2, 0.25) is 0 Å². The maximum absolute atomic E-state index is 12.1. The Bertz CT molecular complexity index is 733. The van der Waals surface area contributed by atoms with Crippen molar-refractivity contribution in [2.75, 3.05) is 43.6 Å². The molecule has 1 unspecified atom stereocenters. The van der Waals surface area contributed by atoms with Crippen LogP contribution in [0.5, 0.6) is 11.5 Å². The van der Waals surface area contributed by atoms with Gasteiger partial charge in [0, 0.05) is 24.5 Å². The molecule has 1 N–H and O–H groups in total. The number of nitrogens with zero attached hydrogens (tertiary/aromatic N) is 1. The number of amides is 1. The molecular formula is C20H24N2O4. The molecule has 6 heteroatoms. The third-order valence-corrected chi connectivity index (χ3v) is 4.19. The number of carbonyl (C=O) groups is 1. The highest BCUT2D eigenvalue weighted by molar-refractivity contribution is 5.92. The summed E-state index contributed by atoms with van der Waals surface area (Å²) in [5.74, 6) is 0.926. The van der Waals surface area contributed by atoms with Gasteiger partial charge in [-0.2, -0.15) is 0 Å². The van der Waals surface area contributed by atoms with Gasteiger partial charge < -0.3 is 24.4 Å². The first-order chi connectivity index (χ1) is 12.7. The minimum Gasteiger partial charge on any atom is -0.493 e. The molecular weight excluding hydrogens is 332 g/mol. The highest BCUT2D eigenvalue weighted by Crippen LogP contribution is 2.25. The molecule has 0 spiro atoms. The molecule has 26 heavy (non-hydrogen) atoms. The van der Waals surface area contributed by atoms with Crippen molar-refractivity contribution < 1.29 is 19.0 Å². The monoisotopic (exact) mass is 356 g/mol. The first-order valence-corrected chi connectivity index (χ1v) is 8.68. The van der Waals surface area contributed by atoms with Gasteiger partial charge in [-0.05, 0) is 43.3 Å². The molecule has 1 aliphatic heterocycles. The fourth-order valence-corrected chi connectivity index (χ4v) is 2.89. The molecule has 1 fully saturated rings. The molecule has 1 aliphatic rings. The lowest BCUT2D eigenvalue weighted by atomic mass is 10.2. The topological polar surface area (TPSA) is 60.0 Å². The third kappa shape index (κ3) is 4.67. The number of nitrogens with one attached hydrogen (secondary N) is 1. The number of benzene rings is 2. The van der Waals surface area contributed by atoms with Gasteiger partial charge in [-0.15, -0.1) is 0 Å². The van der Waals surface area contributed by atoms with Crippen molar-refractivity contribution in [2.24, 2.45) is 0 Å². The third-order valence-electron chi connectivity index (χ3n) is 4.19. The highest BCUT2D eigenvalue weighted by Gasteiger charge is 2.17. The van der Waals surface area contributed by atoms with Crippen LogP contribution in [0.2, 0.25) is 0 Å². The van der Waals surface area contributed by atoms with Crippen LogP contribution in [0.4, 0.5) is 11.4 Å². The second-order valence-electron chi connectivity index (χ2n) is 6.16. The zero-order chi connectivity index (χ0) is 18.4. The summed E-state index contributed by atoms with van der Waals surface area (Å²) in [4.78, 5) is 14.4. The van der Waals surface area contributed by atoms with Gasteiger partial charge in [-0.3, -0.25) is 4.79 Å². The average Bonchev–Trinajstić information content (AvgIpc) is 2.67. The van der Waals surface area contributed by atoms with Crippen molar-refractivity contribution in [3.63, 3.8) is 0 Å². The van der Waals surface area contributed by atoms with Crippen LogP contribution in [0.3, 0.4) is 0 Å². The minimum atomic E-state index is -0.219. The Morgan fingerprint density at radius 1 is 1.19 bits per heavy atom. The Morgan fingerprint density at radius 2 is 1.92 bits per heavy atom. The summed E-state index contributed by atoms with van der Waals surface area (Å²) in [5.41, 5.74) is 1.87. The van der Waals surface area contributed by atoms with Gasteiger partial charge in [0.25, 0.3) is 5.91 Å². The molecule has 0 aliphatic carbocycles. The summed E-state index contributed by atoms with van der Waals surface area (Å²) in [6.45, 7) is 4.48. The van der Waals surface area contributed by atoms with Crippen molar-refractivity contribution in [3.8, 4) is 11.5 Å². The van der Waals surface area contributed by atoms with Crippen molar-refractivity contribution >= 4 is 17.3 Å². The van der Waals surface area contributed by atoms with E-state index in [2.05, 4.69) is 17.1 Å². The molecule has 0 aromatic heterocycles. The maximum atomic E-state index is 12.1. The predicted molar refractivity (Wildman–Crippen MR) is 101 cm³/mol. The van der Waals surface area contributed by atoms with Crippen LogP contribution in [0.1, 0.15) is 6.92 Å². The Balaban J connectivity index is 1.53. The van der Waals surface area contributed by atoms with Gasteiger partial charge in [-0.25, -0.2) is 0 Å². The second-order valence-corrected chi connectivity index (χ2v) is 6.16. The minimum absolute atomic E-state index is 0.0803. The molecule has 0 bridgehead atoms. The van der Waals surface area contributed by atoms with E-state index in [0.717, 1.165) is 31.1 Å². The van der Waals surface area contributed by atoms with Crippen molar-refractivity contribution in [2.45, 2.75) is 13.0 Å². The fourth-order valence-electron chi connectivity index (χ4n) is 2.89. The molecule has 6 nitrogen and oxygen atoms in total. The zero-order valence-electron chi connectivity index (χ0n) is 15.1. The van der Waals surface area contributed by atoms with E-state index in [1.165, 1.54) is 0 Å². The smallest absolute Gasteiger partial charge is 0.262 e. The maximum Gasteiger partial charge on any atom is 0.262 e. The molecule has 1 heterocycles. The number of anilines is 2. The summed E-state index contributed by atoms with van der Waals surface area (Å²) in [6.07, 6.45) is 0.232. The number of ether oxygens (including phenoxy) is 3. The van der Waals surface area contributed by atoms with E-state index in [0.29, 0.717) is 11.5 Å². The van der Waals surface area contributed by atoms with E-state index in [1.54, 1.807) is 19.2 Å². The largest absolute Gasteiger partial charge is 0.493 e. The van der Waals surface area contributed by atoms with Gasteiger partial charge in [0.1, 0.15) is 0 Å². The molecule has 2 aromatic carbocycles. The quantitative estimate of drug-likeness (QED) is 0.862. The number of para-hydroxylation sites is 2. The van der Waals surface area contributed by atoms with E-state index in [9.17, 15) is 4.79 Å². The van der Waals surface area contributed by atoms with E-state index in [1.807, 2.05) is 36.4 Å². The summed E-state index contributed by atoms with van der Waals surface area (Å²) in [5, 5.41) is 2.84. The van der Waals surface area contributed by atoms with E-state index in [4.69, 9.17) is 14.2 Å². The first-order valence-electron chi connectivity index (χ1n) is 8.68. The lowest BCUT2D eigenvalue weighted by Gasteiger charge is -2.33. The number of methoxy groups -OCH3 is 1. The van der Waals surface area contributed by atoms with Crippen LogP contribution >= 0.6 is 0 Å². The van der Waals surface area contributed by atoms with Crippen molar-refractivity contribution in [1.82, 2.24) is 0 Å². The SMILES string of the molecule is COc1ccccc1OCC(=O)Nc1ccc(N2CCOC(C)C2)cc1. The number of morpholine rings is 1. The molecule has 3 rings (SSSR count). The Kier molecular flexibility index (Phi) is 5.96. The normalized spacial score (nSPS) is 16.8. The molecule has 0 radical (unpaired) electrons. The average molecular weight is 356 g/mol. The number of rotatable bonds is 6. The lowest BCUT2D eigenvalue weighted by Crippen LogP contribution is -2.41. The Morgan fingerprint density at radius 3 is 2.62 bits per heavy atom. The molecule has 1 amide bonds. The molecule has 1 atom stereocenters. The standard InChI is InChI=1S/C20H24N2O4/c1-15-13-22(11-12-25-15)17-9-7-16(8-10-17)21-20(23)14-26-19-6-4-3-5-18(19)24-2/h3-10,15H,11-14H2,1-2H3,(H,21,23). The zero-order valence-corrected chi connectivity index (χ0v) is 15.1. The van der Waals surface area contributed by atoms with Crippen LogP contribution in [0.25, 0.3) is 0 Å². The summed E-state index contributed by atoms with van der Waals surface area (Å²) >= 11 is 0. The number of hydrogen-bond acceptors (Lipinski definition) is 5. The number of carbonyl (C=O) groups excluding carboxylic acids is 1.